The highest BCUT2D eigenvalue weighted by atomic mass is 79.9. The van der Waals surface area contributed by atoms with Crippen LogP contribution < -0.4 is 14.8 Å². The summed E-state index contributed by atoms with van der Waals surface area (Å²) < 4.78 is 12.2. The Bertz CT molecular complexity index is 646. The summed E-state index contributed by atoms with van der Waals surface area (Å²) in [5.74, 6) is 1.56. The van der Waals surface area contributed by atoms with Crippen LogP contribution in [0.25, 0.3) is 0 Å². The molecular formula is C21H28BrNO2. The van der Waals surface area contributed by atoms with E-state index in [1.165, 1.54) is 11.1 Å². The molecule has 1 unspecified atom stereocenters. The Balaban J connectivity index is 1.90. The van der Waals surface area contributed by atoms with Crippen LogP contribution in [0.15, 0.2) is 46.9 Å². The van der Waals surface area contributed by atoms with E-state index in [4.69, 9.17) is 9.47 Å². The average Bonchev–Trinajstić information content (AvgIpc) is 2.64. The lowest BCUT2D eigenvalue weighted by atomic mass is 10.1. The van der Waals surface area contributed by atoms with Gasteiger partial charge < -0.3 is 14.8 Å². The molecule has 0 aliphatic rings. The van der Waals surface area contributed by atoms with Crippen LogP contribution in [0, 0.1) is 0 Å². The monoisotopic (exact) mass is 405 g/mol. The van der Waals surface area contributed by atoms with E-state index in [1.807, 2.05) is 6.07 Å². The fraction of sp³-hybridized carbons (Fsp3) is 0.429. The maximum atomic E-state index is 5.78. The Hall–Kier alpha value is -1.52. The molecule has 0 amide bonds. The van der Waals surface area contributed by atoms with E-state index >= 15 is 0 Å². The summed E-state index contributed by atoms with van der Waals surface area (Å²) in [4.78, 5) is 0. The van der Waals surface area contributed by atoms with Crippen LogP contribution in [0.4, 0.5) is 0 Å². The molecule has 2 aromatic carbocycles. The molecule has 4 heteroatoms. The van der Waals surface area contributed by atoms with Gasteiger partial charge in [-0.2, -0.15) is 0 Å². The summed E-state index contributed by atoms with van der Waals surface area (Å²) >= 11 is 3.60. The Morgan fingerprint density at radius 1 is 1.12 bits per heavy atom. The van der Waals surface area contributed by atoms with Crippen LogP contribution in [0.1, 0.15) is 37.8 Å². The maximum Gasteiger partial charge on any atom is 0.175 e. The topological polar surface area (TPSA) is 30.5 Å². The molecule has 0 aromatic heterocycles. The van der Waals surface area contributed by atoms with Gasteiger partial charge in [-0.15, -0.1) is 0 Å². The largest absolute Gasteiger partial charge is 0.493 e. The van der Waals surface area contributed by atoms with Crippen molar-refractivity contribution in [1.29, 1.82) is 0 Å². The summed E-state index contributed by atoms with van der Waals surface area (Å²) in [7, 11) is 1.68. The van der Waals surface area contributed by atoms with E-state index in [2.05, 4.69) is 71.5 Å². The Morgan fingerprint density at radius 2 is 1.88 bits per heavy atom. The molecule has 0 heterocycles. The van der Waals surface area contributed by atoms with Crippen LogP contribution >= 0.6 is 15.9 Å². The van der Waals surface area contributed by atoms with E-state index in [0.717, 1.165) is 41.8 Å². The van der Waals surface area contributed by atoms with Crippen molar-refractivity contribution in [3.05, 3.63) is 58.1 Å². The van der Waals surface area contributed by atoms with Gasteiger partial charge in [0.05, 0.1) is 18.2 Å². The zero-order valence-electron chi connectivity index (χ0n) is 15.3. The molecule has 0 saturated carbocycles. The molecule has 1 N–H and O–H groups in total. The van der Waals surface area contributed by atoms with E-state index < -0.39 is 0 Å². The normalized spacial score (nSPS) is 12.0. The number of hydrogen-bond donors (Lipinski definition) is 1. The number of methoxy groups -OCH3 is 1. The molecular weight excluding hydrogens is 378 g/mol. The van der Waals surface area contributed by atoms with Gasteiger partial charge in [0, 0.05) is 12.6 Å². The number of hydrogen-bond acceptors (Lipinski definition) is 3. The van der Waals surface area contributed by atoms with Gasteiger partial charge in [0.15, 0.2) is 11.5 Å². The summed E-state index contributed by atoms with van der Waals surface area (Å²) in [6.07, 6.45) is 3.17. The summed E-state index contributed by atoms with van der Waals surface area (Å²) in [6, 6.07) is 15.2. The summed E-state index contributed by atoms with van der Waals surface area (Å²) in [6.45, 7) is 5.81. The standard InChI is InChI=1S/C21H28BrNO2/c1-4-12-25-21-19(22)13-18(14-20(21)24-3)15-23-16(2)10-11-17-8-6-5-7-9-17/h5-9,13-14,16,23H,4,10-12,15H2,1-3H3. The predicted molar refractivity (Wildman–Crippen MR) is 108 cm³/mol. The molecule has 0 spiro atoms. The molecule has 0 aliphatic carbocycles. The fourth-order valence-electron chi connectivity index (χ4n) is 2.64. The summed E-state index contributed by atoms with van der Waals surface area (Å²) in [5.41, 5.74) is 2.57. The number of halogens is 1. The molecule has 1 atom stereocenters. The van der Waals surface area contributed by atoms with Crippen molar-refractivity contribution in [3.8, 4) is 11.5 Å². The Labute approximate surface area is 159 Å². The lowest BCUT2D eigenvalue weighted by Gasteiger charge is -2.17. The minimum absolute atomic E-state index is 0.445. The first-order chi connectivity index (χ1) is 12.1. The Kier molecular flexibility index (Phi) is 8.29. The quantitative estimate of drug-likeness (QED) is 0.577. The molecule has 25 heavy (non-hydrogen) atoms. The molecule has 0 saturated heterocycles. The number of rotatable bonds is 10. The van der Waals surface area contributed by atoms with Crippen molar-refractivity contribution in [2.45, 2.75) is 45.7 Å². The van der Waals surface area contributed by atoms with Gasteiger partial charge >= 0.3 is 0 Å². The van der Waals surface area contributed by atoms with E-state index in [-0.39, 0.29) is 0 Å². The van der Waals surface area contributed by atoms with Crippen molar-refractivity contribution in [2.75, 3.05) is 13.7 Å². The van der Waals surface area contributed by atoms with Gasteiger partial charge in [0.1, 0.15) is 0 Å². The van der Waals surface area contributed by atoms with Crippen molar-refractivity contribution < 1.29 is 9.47 Å². The van der Waals surface area contributed by atoms with Crippen molar-refractivity contribution >= 4 is 15.9 Å². The molecule has 2 rings (SSSR count). The zero-order valence-corrected chi connectivity index (χ0v) is 16.9. The minimum Gasteiger partial charge on any atom is -0.493 e. The third-order valence-electron chi connectivity index (χ3n) is 4.10. The van der Waals surface area contributed by atoms with Gasteiger partial charge in [0.25, 0.3) is 0 Å². The van der Waals surface area contributed by atoms with Crippen LogP contribution in [0.3, 0.4) is 0 Å². The second-order valence-electron chi connectivity index (χ2n) is 6.26. The second-order valence-corrected chi connectivity index (χ2v) is 7.12. The zero-order chi connectivity index (χ0) is 18.1. The highest BCUT2D eigenvalue weighted by molar-refractivity contribution is 9.10. The van der Waals surface area contributed by atoms with Crippen LogP contribution in [-0.4, -0.2) is 19.8 Å². The fourth-order valence-corrected chi connectivity index (χ4v) is 3.25. The first-order valence-electron chi connectivity index (χ1n) is 8.90. The van der Waals surface area contributed by atoms with E-state index in [9.17, 15) is 0 Å². The highest BCUT2D eigenvalue weighted by Crippen LogP contribution is 2.36. The van der Waals surface area contributed by atoms with Crippen LogP contribution in [-0.2, 0) is 13.0 Å². The van der Waals surface area contributed by atoms with Gasteiger partial charge in [-0.05, 0) is 65.4 Å². The van der Waals surface area contributed by atoms with Crippen LogP contribution in [0.2, 0.25) is 0 Å². The molecule has 0 aliphatic heterocycles. The average molecular weight is 406 g/mol. The van der Waals surface area contributed by atoms with Crippen molar-refractivity contribution in [1.82, 2.24) is 5.32 Å². The van der Waals surface area contributed by atoms with Crippen LogP contribution in [0.5, 0.6) is 11.5 Å². The SMILES string of the molecule is CCCOc1c(Br)cc(CNC(C)CCc2ccccc2)cc1OC. The third kappa shape index (κ3) is 6.37. The number of nitrogens with one attached hydrogen (secondary N) is 1. The molecule has 136 valence electrons. The molecule has 3 nitrogen and oxygen atoms in total. The molecule has 0 radical (unpaired) electrons. The third-order valence-corrected chi connectivity index (χ3v) is 4.69. The highest BCUT2D eigenvalue weighted by Gasteiger charge is 2.12. The number of benzene rings is 2. The van der Waals surface area contributed by atoms with Gasteiger partial charge in [-0.3, -0.25) is 0 Å². The predicted octanol–water partition coefficient (Wildman–Crippen LogP) is 5.36. The first-order valence-corrected chi connectivity index (χ1v) is 9.69. The number of ether oxygens (including phenoxy) is 2. The lowest BCUT2D eigenvalue weighted by Crippen LogP contribution is -2.26. The van der Waals surface area contributed by atoms with E-state index in [1.54, 1.807) is 7.11 Å². The Morgan fingerprint density at radius 3 is 2.56 bits per heavy atom. The first kappa shape index (κ1) is 19.8. The summed E-state index contributed by atoms with van der Waals surface area (Å²) in [5, 5.41) is 3.59. The second kappa shape index (κ2) is 10.5. The smallest absolute Gasteiger partial charge is 0.175 e. The van der Waals surface area contributed by atoms with Gasteiger partial charge in [0.2, 0.25) is 0 Å². The molecule has 0 bridgehead atoms. The maximum absolute atomic E-state index is 5.78. The number of aryl methyl sites for hydroxylation is 1. The van der Waals surface area contributed by atoms with E-state index in [0.29, 0.717) is 12.6 Å². The molecule has 2 aromatic rings. The van der Waals surface area contributed by atoms with Crippen molar-refractivity contribution in [2.24, 2.45) is 0 Å². The van der Waals surface area contributed by atoms with Gasteiger partial charge in [-0.25, -0.2) is 0 Å². The van der Waals surface area contributed by atoms with Crippen molar-refractivity contribution in [3.63, 3.8) is 0 Å². The molecule has 0 fully saturated rings. The van der Waals surface area contributed by atoms with Gasteiger partial charge in [-0.1, -0.05) is 37.3 Å². The minimum atomic E-state index is 0.445. The lowest BCUT2D eigenvalue weighted by molar-refractivity contribution is 0.292.